The number of carboxylic acid groups (broad SMARTS) is 1. The molecule has 0 saturated heterocycles. The Morgan fingerprint density at radius 1 is 1.42 bits per heavy atom. The summed E-state index contributed by atoms with van der Waals surface area (Å²) >= 11 is 0. The van der Waals surface area contributed by atoms with E-state index < -0.39 is 11.5 Å². The van der Waals surface area contributed by atoms with Gasteiger partial charge in [0.1, 0.15) is 0 Å². The fourth-order valence-electron chi connectivity index (χ4n) is 2.18. The van der Waals surface area contributed by atoms with Gasteiger partial charge in [0.2, 0.25) is 6.41 Å². The number of carbonyl (C=O) groups is 2. The first kappa shape index (κ1) is 15.2. The number of benzene rings is 1. The molecule has 1 amide bonds. The molecule has 0 aliphatic carbocycles. The Morgan fingerprint density at radius 3 is 2.37 bits per heavy atom. The van der Waals surface area contributed by atoms with Crippen LogP contribution in [-0.4, -0.2) is 42.1 Å². The second kappa shape index (κ2) is 6.33. The first-order chi connectivity index (χ1) is 9.00. The van der Waals surface area contributed by atoms with Crippen LogP contribution in [0.15, 0.2) is 30.3 Å². The molecule has 1 atom stereocenters. The van der Waals surface area contributed by atoms with Crippen LogP contribution in [0.3, 0.4) is 0 Å². The number of hydrogen-bond donors (Lipinski definition) is 1. The summed E-state index contributed by atoms with van der Waals surface area (Å²) in [5, 5.41) is 9.68. The zero-order valence-electron chi connectivity index (χ0n) is 11.4. The van der Waals surface area contributed by atoms with Gasteiger partial charge >= 0.3 is 5.97 Å². The molecule has 1 rings (SSSR count). The summed E-state index contributed by atoms with van der Waals surface area (Å²) in [4.78, 5) is 24.5. The fourth-order valence-corrected chi connectivity index (χ4v) is 2.18. The standard InChI is InChI=1S/C14H19NO4/c1-11(2)15(10-16)14(9-19-3,13(17)18)12-7-5-4-6-8-12/h4-8,10-11H,9H2,1-3H3,(H,17,18). The van der Waals surface area contributed by atoms with Crippen LogP contribution in [-0.2, 0) is 19.9 Å². The van der Waals surface area contributed by atoms with Gasteiger partial charge in [-0.25, -0.2) is 4.79 Å². The van der Waals surface area contributed by atoms with E-state index in [0.717, 1.165) is 0 Å². The Labute approximate surface area is 112 Å². The van der Waals surface area contributed by atoms with Gasteiger partial charge in [-0.1, -0.05) is 30.3 Å². The molecule has 19 heavy (non-hydrogen) atoms. The quantitative estimate of drug-likeness (QED) is 0.758. The topological polar surface area (TPSA) is 66.8 Å². The van der Waals surface area contributed by atoms with E-state index in [4.69, 9.17) is 4.74 Å². The maximum absolute atomic E-state index is 11.8. The predicted molar refractivity (Wildman–Crippen MR) is 70.7 cm³/mol. The van der Waals surface area contributed by atoms with Crippen molar-refractivity contribution < 1.29 is 19.4 Å². The van der Waals surface area contributed by atoms with Crippen LogP contribution in [0.2, 0.25) is 0 Å². The molecule has 0 aliphatic rings. The Hall–Kier alpha value is -1.88. The highest BCUT2D eigenvalue weighted by atomic mass is 16.5. The molecule has 0 spiro atoms. The molecule has 0 fully saturated rings. The van der Waals surface area contributed by atoms with Crippen LogP contribution in [0.5, 0.6) is 0 Å². The molecule has 5 heteroatoms. The first-order valence-corrected chi connectivity index (χ1v) is 6.02. The van der Waals surface area contributed by atoms with E-state index in [0.29, 0.717) is 12.0 Å². The Bertz CT molecular complexity index is 432. The van der Waals surface area contributed by atoms with Crippen molar-refractivity contribution in [3.63, 3.8) is 0 Å². The predicted octanol–water partition coefficient (Wildman–Crippen LogP) is 1.48. The lowest BCUT2D eigenvalue weighted by molar-refractivity contribution is -0.162. The van der Waals surface area contributed by atoms with Gasteiger partial charge in [0.15, 0.2) is 5.54 Å². The molecule has 0 bridgehead atoms. The minimum Gasteiger partial charge on any atom is -0.479 e. The van der Waals surface area contributed by atoms with Gasteiger partial charge in [0.05, 0.1) is 6.61 Å². The lowest BCUT2D eigenvalue weighted by Crippen LogP contribution is -2.57. The molecule has 0 aliphatic heterocycles. The van der Waals surface area contributed by atoms with Crippen molar-refractivity contribution in [3.8, 4) is 0 Å². The minimum absolute atomic E-state index is 0.108. The number of nitrogens with zero attached hydrogens (tertiary/aromatic N) is 1. The summed E-state index contributed by atoms with van der Waals surface area (Å²) < 4.78 is 5.07. The van der Waals surface area contributed by atoms with Gasteiger partial charge in [-0.3, -0.25) is 4.79 Å². The molecule has 0 aromatic heterocycles. The maximum Gasteiger partial charge on any atom is 0.336 e. The summed E-state index contributed by atoms with van der Waals surface area (Å²) in [5.41, 5.74) is -0.989. The average Bonchev–Trinajstić information content (AvgIpc) is 2.38. The molecular weight excluding hydrogens is 246 g/mol. The van der Waals surface area contributed by atoms with Crippen molar-refractivity contribution in [2.24, 2.45) is 0 Å². The third kappa shape index (κ3) is 2.76. The molecule has 0 radical (unpaired) electrons. The summed E-state index contributed by atoms with van der Waals surface area (Å²) in [6, 6.07) is 8.39. The number of amides is 1. The number of carbonyl (C=O) groups excluding carboxylic acids is 1. The number of rotatable bonds is 7. The maximum atomic E-state index is 11.8. The van der Waals surface area contributed by atoms with Crippen LogP contribution in [0.1, 0.15) is 19.4 Å². The number of methoxy groups -OCH3 is 1. The van der Waals surface area contributed by atoms with E-state index >= 15 is 0 Å². The minimum atomic E-state index is -1.51. The van der Waals surface area contributed by atoms with Gasteiger partial charge in [0, 0.05) is 13.2 Å². The largest absolute Gasteiger partial charge is 0.479 e. The average molecular weight is 265 g/mol. The number of carboxylic acids is 1. The highest BCUT2D eigenvalue weighted by Gasteiger charge is 2.47. The van der Waals surface area contributed by atoms with Crippen molar-refractivity contribution in [2.75, 3.05) is 13.7 Å². The number of hydrogen-bond acceptors (Lipinski definition) is 3. The molecule has 0 saturated carbocycles. The summed E-state index contributed by atoms with van der Waals surface area (Å²) in [6.45, 7) is 3.43. The highest BCUT2D eigenvalue weighted by molar-refractivity contribution is 5.83. The second-order valence-corrected chi connectivity index (χ2v) is 4.57. The van der Waals surface area contributed by atoms with E-state index in [-0.39, 0.29) is 12.6 Å². The van der Waals surface area contributed by atoms with Crippen molar-refractivity contribution >= 4 is 12.4 Å². The monoisotopic (exact) mass is 265 g/mol. The van der Waals surface area contributed by atoms with E-state index in [1.54, 1.807) is 44.2 Å². The SMILES string of the molecule is COCC(C(=O)O)(c1ccccc1)N(C=O)C(C)C. The van der Waals surface area contributed by atoms with Crippen LogP contribution in [0, 0.1) is 0 Å². The van der Waals surface area contributed by atoms with Crippen molar-refractivity contribution in [1.29, 1.82) is 0 Å². The summed E-state index contributed by atoms with van der Waals surface area (Å²) in [7, 11) is 1.42. The normalized spacial score (nSPS) is 13.9. The lowest BCUT2D eigenvalue weighted by atomic mass is 9.88. The zero-order chi connectivity index (χ0) is 14.5. The Balaban J connectivity index is 3.45. The van der Waals surface area contributed by atoms with Crippen LogP contribution in [0.25, 0.3) is 0 Å². The molecular formula is C14H19NO4. The van der Waals surface area contributed by atoms with Gasteiger partial charge in [-0.2, -0.15) is 0 Å². The van der Waals surface area contributed by atoms with E-state index in [2.05, 4.69) is 0 Å². The van der Waals surface area contributed by atoms with Gasteiger partial charge in [0.25, 0.3) is 0 Å². The number of aliphatic carboxylic acids is 1. The van der Waals surface area contributed by atoms with Crippen LogP contribution >= 0.6 is 0 Å². The summed E-state index contributed by atoms with van der Waals surface area (Å²) in [5.74, 6) is -1.11. The molecule has 0 heterocycles. The smallest absolute Gasteiger partial charge is 0.336 e. The van der Waals surface area contributed by atoms with E-state index in [1.165, 1.54) is 12.0 Å². The molecule has 104 valence electrons. The first-order valence-electron chi connectivity index (χ1n) is 6.02. The Morgan fingerprint density at radius 2 is 2.00 bits per heavy atom. The van der Waals surface area contributed by atoms with Crippen molar-refractivity contribution in [1.82, 2.24) is 4.90 Å². The van der Waals surface area contributed by atoms with Crippen LogP contribution < -0.4 is 0 Å². The highest BCUT2D eigenvalue weighted by Crippen LogP contribution is 2.30. The second-order valence-electron chi connectivity index (χ2n) is 4.57. The number of ether oxygens (including phenoxy) is 1. The molecule has 5 nitrogen and oxygen atoms in total. The van der Waals surface area contributed by atoms with E-state index in [9.17, 15) is 14.7 Å². The van der Waals surface area contributed by atoms with Crippen LogP contribution in [0.4, 0.5) is 0 Å². The zero-order valence-corrected chi connectivity index (χ0v) is 11.4. The fraction of sp³-hybridized carbons (Fsp3) is 0.429. The molecule has 1 aromatic rings. The molecule has 1 aromatic carbocycles. The van der Waals surface area contributed by atoms with Gasteiger partial charge < -0.3 is 14.7 Å². The lowest BCUT2D eigenvalue weighted by Gasteiger charge is -2.40. The Kier molecular flexibility index (Phi) is 5.06. The van der Waals surface area contributed by atoms with E-state index in [1.807, 2.05) is 0 Å². The third-order valence-electron chi connectivity index (χ3n) is 3.07. The molecule has 1 unspecified atom stereocenters. The van der Waals surface area contributed by atoms with Crippen molar-refractivity contribution in [2.45, 2.75) is 25.4 Å². The summed E-state index contributed by atoms with van der Waals surface area (Å²) in [6.07, 6.45) is 0.560. The van der Waals surface area contributed by atoms with Crippen molar-refractivity contribution in [3.05, 3.63) is 35.9 Å². The van der Waals surface area contributed by atoms with Gasteiger partial charge in [-0.15, -0.1) is 0 Å². The molecule has 1 N–H and O–H groups in total. The third-order valence-corrected chi connectivity index (χ3v) is 3.07. The van der Waals surface area contributed by atoms with Gasteiger partial charge in [-0.05, 0) is 19.4 Å².